The van der Waals surface area contributed by atoms with E-state index in [1.165, 1.54) is 12.1 Å². The first-order valence-corrected chi connectivity index (χ1v) is 8.04. The van der Waals surface area contributed by atoms with Crippen LogP contribution in [-0.2, 0) is 9.09 Å². The van der Waals surface area contributed by atoms with Gasteiger partial charge in [-0.1, -0.05) is 35.9 Å². The summed E-state index contributed by atoms with van der Waals surface area (Å²) in [6.45, 7) is 5.43. The van der Waals surface area contributed by atoms with E-state index >= 15 is 0 Å². The number of aryl methyl sites for hydroxylation is 3. The van der Waals surface area contributed by atoms with E-state index in [4.69, 9.17) is 4.52 Å². The molecule has 0 aliphatic carbocycles. The van der Waals surface area contributed by atoms with Crippen molar-refractivity contribution in [3.05, 3.63) is 64.7 Å². The molecule has 110 valence electrons. The standard InChI is InChI=1S/C16H17O4P.Li/c1-11-9-12(2)15(13(3)10-11)16(17)20-21(18,19)14-7-5-4-6-8-14;/h4-10H,1-3H3,(H,18,19);/q;+1/p-1. The van der Waals surface area contributed by atoms with Crippen LogP contribution < -0.4 is 29.1 Å². The summed E-state index contributed by atoms with van der Waals surface area (Å²) in [5, 5.41) is -0.0132. The molecule has 22 heavy (non-hydrogen) atoms. The number of rotatable bonds is 3. The molecule has 1 atom stereocenters. The Kier molecular flexibility index (Phi) is 6.23. The van der Waals surface area contributed by atoms with Gasteiger partial charge >= 0.3 is 24.8 Å². The minimum atomic E-state index is -4.42. The molecule has 0 aliphatic heterocycles. The van der Waals surface area contributed by atoms with E-state index in [1.807, 2.05) is 19.1 Å². The summed E-state index contributed by atoms with van der Waals surface area (Å²) in [5.41, 5.74) is 2.71. The molecular weight excluding hydrogens is 294 g/mol. The molecule has 0 bridgehead atoms. The van der Waals surface area contributed by atoms with Crippen molar-refractivity contribution in [2.75, 3.05) is 0 Å². The van der Waals surface area contributed by atoms with Gasteiger partial charge in [-0.3, -0.25) is 4.57 Å². The maximum atomic E-state index is 12.2. The summed E-state index contributed by atoms with van der Waals surface area (Å²) in [6, 6.07) is 11.3. The summed E-state index contributed by atoms with van der Waals surface area (Å²) >= 11 is 0. The summed E-state index contributed by atoms with van der Waals surface area (Å²) in [7, 11) is -4.42. The number of carbonyl (C=O) groups is 1. The second kappa shape index (κ2) is 7.31. The van der Waals surface area contributed by atoms with Gasteiger partial charge in [-0.05, 0) is 44.0 Å². The Hall–Kier alpha value is -1.30. The van der Waals surface area contributed by atoms with Gasteiger partial charge in [-0.2, -0.15) is 0 Å². The first-order chi connectivity index (χ1) is 9.81. The van der Waals surface area contributed by atoms with Crippen molar-refractivity contribution in [1.29, 1.82) is 0 Å². The first kappa shape index (κ1) is 18.7. The average Bonchev–Trinajstić information content (AvgIpc) is 2.37. The topological polar surface area (TPSA) is 66.4 Å². The third-order valence-corrected chi connectivity index (χ3v) is 4.49. The van der Waals surface area contributed by atoms with E-state index in [1.54, 1.807) is 32.0 Å². The molecule has 0 N–H and O–H groups in total. The average molecular weight is 310 g/mol. The molecule has 6 heteroatoms. The smallest absolute Gasteiger partial charge is 0.765 e. The molecular formula is C16H16LiO4P. The normalized spacial score (nSPS) is 12.9. The molecule has 4 nitrogen and oxygen atoms in total. The van der Waals surface area contributed by atoms with Gasteiger partial charge in [-0.15, -0.1) is 0 Å². The molecule has 0 aliphatic rings. The molecule has 0 spiro atoms. The van der Waals surface area contributed by atoms with Gasteiger partial charge in [0, 0.05) is 5.30 Å². The van der Waals surface area contributed by atoms with E-state index < -0.39 is 13.6 Å². The number of hydrogen-bond donors (Lipinski definition) is 0. The second-order valence-electron chi connectivity index (χ2n) is 4.99. The van der Waals surface area contributed by atoms with Gasteiger partial charge in [0.25, 0.3) is 0 Å². The predicted molar refractivity (Wildman–Crippen MR) is 79.8 cm³/mol. The van der Waals surface area contributed by atoms with Crippen LogP contribution in [0, 0.1) is 20.8 Å². The van der Waals surface area contributed by atoms with E-state index in [0.29, 0.717) is 16.7 Å². The van der Waals surface area contributed by atoms with Crippen LogP contribution in [0.5, 0.6) is 0 Å². The molecule has 0 saturated heterocycles. The van der Waals surface area contributed by atoms with Crippen molar-refractivity contribution in [2.24, 2.45) is 0 Å². The van der Waals surface area contributed by atoms with Gasteiger partial charge in [-0.25, -0.2) is 4.79 Å². The minimum Gasteiger partial charge on any atom is -0.765 e. The third kappa shape index (κ3) is 4.12. The monoisotopic (exact) mass is 310 g/mol. The Balaban J connectivity index is 0.00000242. The third-order valence-electron chi connectivity index (χ3n) is 3.16. The quantitative estimate of drug-likeness (QED) is 0.574. The Morgan fingerprint density at radius 3 is 2.05 bits per heavy atom. The van der Waals surface area contributed by atoms with Gasteiger partial charge < -0.3 is 9.42 Å². The molecule has 2 aromatic carbocycles. The van der Waals surface area contributed by atoms with Gasteiger partial charge in [0.05, 0.1) is 5.56 Å². The van der Waals surface area contributed by atoms with Crippen LogP contribution in [-0.4, -0.2) is 5.97 Å². The van der Waals surface area contributed by atoms with E-state index in [-0.39, 0.29) is 24.2 Å². The van der Waals surface area contributed by atoms with Crippen molar-refractivity contribution in [3.8, 4) is 0 Å². The van der Waals surface area contributed by atoms with Crippen LogP contribution in [0.1, 0.15) is 27.0 Å². The van der Waals surface area contributed by atoms with Crippen molar-refractivity contribution >= 4 is 18.9 Å². The van der Waals surface area contributed by atoms with E-state index in [2.05, 4.69) is 0 Å². The van der Waals surface area contributed by atoms with Crippen LogP contribution in [0.25, 0.3) is 0 Å². The molecule has 2 rings (SSSR count). The van der Waals surface area contributed by atoms with Crippen LogP contribution in [0.2, 0.25) is 0 Å². The van der Waals surface area contributed by atoms with Crippen molar-refractivity contribution in [3.63, 3.8) is 0 Å². The molecule has 0 radical (unpaired) electrons. The zero-order valence-electron chi connectivity index (χ0n) is 13.1. The fraction of sp³-hybridized carbons (Fsp3) is 0.188. The van der Waals surface area contributed by atoms with Gasteiger partial charge in [0.1, 0.15) is 0 Å². The molecule has 1 unspecified atom stereocenters. The van der Waals surface area contributed by atoms with Crippen LogP contribution in [0.4, 0.5) is 0 Å². The molecule has 0 aromatic heterocycles. The Morgan fingerprint density at radius 1 is 1.05 bits per heavy atom. The number of carbonyl (C=O) groups excluding carboxylic acids is 1. The molecule has 0 amide bonds. The Labute approximate surface area is 142 Å². The van der Waals surface area contributed by atoms with Crippen molar-refractivity contribution < 1.29 is 37.6 Å². The van der Waals surface area contributed by atoms with Crippen LogP contribution >= 0.6 is 7.60 Å². The summed E-state index contributed by atoms with van der Waals surface area (Å²) in [6.07, 6.45) is 0. The Morgan fingerprint density at radius 2 is 1.55 bits per heavy atom. The number of hydrogen-bond acceptors (Lipinski definition) is 4. The molecule has 0 saturated carbocycles. The minimum absolute atomic E-state index is 0. The zero-order valence-corrected chi connectivity index (χ0v) is 14.0. The summed E-state index contributed by atoms with van der Waals surface area (Å²) in [5.74, 6) is -0.841. The maximum Gasteiger partial charge on any atom is 1.00 e. The predicted octanol–water partition coefficient (Wildman–Crippen LogP) is -0.348. The van der Waals surface area contributed by atoms with E-state index in [9.17, 15) is 14.3 Å². The van der Waals surface area contributed by atoms with E-state index in [0.717, 1.165) is 5.56 Å². The SMILES string of the molecule is Cc1cc(C)c(C(=O)OP(=O)([O-])c2ccccc2)c(C)c1.[Li+]. The fourth-order valence-electron chi connectivity index (χ4n) is 2.32. The van der Waals surface area contributed by atoms with Gasteiger partial charge in [0.15, 0.2) is 0 Å². The van der Waals surface area contributed by atoms with Crippen molar-refractivity contribution in [2.45, 2.75) is 20.8 Å². The second-order valence-corrected chi connectivity index (χ2v) is 6.68. The summed E-state index contributed by atoms with van der Waals surface area (Å²) < 4.78 is 16.9. The molecule has 0 fully saturated rings. The number of benzene rings is 2. The van der Waals surface area contributed by atoms with Crippen molar-refractivity contribution in [1.82, 2.24) is 0 Å². The van der Waals surface area contributed by atoms with Crippen LogP contribution in [0.3, 0.4) is 0 Å². The molecule has 0 heterocycles. The first-order valence-electron chi connectivity index (χ1n) is 6.49. The largest absolute Gasteiger partial charge is 1.00 e. The summed E-state index contributed by atoms with van der Waals surface area (Å²) in [4.78, 5) is 24.3. The fourth-order valence-corrected chi connectivity index (χ4v) is 3.27. The van der Waals surface area contributed by atoms with Crippen LogP contribution in [0.15, 0.2) is 42.5 Å². The Bertz CT molecular complexity index is 705. The molecule has 2 aromatic rings. The zero-order chi connectivity index (χ0) is 15.6. The maximum absolute atomic E-state index is 12.2. The van der Waals surface area contributed by atoms with Gasteiger partial charge in [0.2, 0.25) is 7.60 Å².